The molecule has 0 bridgehead atoms. The Kier molecular flexibility index (Phi) is 3.31. The summed E-state index contributed by atoms with van der Waals surface area (Å²) in [5.74, 6) is 0.592. The number of rotatable bonds is 3. The molecular weight excluding hydrogens is 268 g/mol. The number of hydrogen-bond donors (Lipinski definition) is 1. The molecule has 21 heavy (non-hydrogen) atoms. The molecule has 0 atom stereocenters. The zero-order chi connectivity index (χ0) is 14.8. The van der Waals surface area contributed by atoms with Crippen LogP contribution in [0.1, 0.15) is 21.7 Å². The van der Waals surface area contributed by atoms with Gasteiger partial charge in [0.2, 0.25) is 0 Å². The highest BCUT2D eigenvalue weighted by Crippen LogP contribution is 2.20. The van der Waals surface area contributed by atoms with Crippen molar-refractivity contribution in [2.45, 2.75) is 6.42 Å². The topological polar surface area (TPSA) is 63.8 Å². The van der Waals surface area contributed by atoms with E-state index in [4.69, 9.17) is 4.74 Å². The number of esters is 1. The Morgan fingerprint density at radius 1 is 1.29 bits per heavy atom. The van der Waals surface area contributed by atoms with Gasteiger partial charge in [-0.1, -0.05) is 18.2 Å². The molecule has 0 unspecified atom stereocenters. The van der Waals surface area contributed by atoms with Crippen LogP contribution < -0.4 is 0 Å². The van der Waals surface area contributed by atoms with Crippen LogP contribution in [0.4, 0.5) is 0 Å². The minimum absolute atomic E-state index is 0.235. The average Bonchev–Trinajstić information content (AvgIpc) is 2.91. The number of phenols is 1. The molecule has 0 aliphatic heterocycles. The van der Waals surface area contributed by atoms with Crippen LogP contribution in [0, 0.1) is 0 Å². The van der Waals surface area contributed by atoms with Crippen LogP contribution in [-0.4, -0.2) is 27.6 Å². The number of nitrogens with zero attached hydrogens (tertiary/aromatic N) is 2. The van der Waals surface area contributed by atoms with Gasteiger partial charge in [-0.05, 0) is 18.2 Å². The fraction of sp³-hybridized carbons (Fsp3) is 0.125. The third-order valence-corrected chi connectivity index (χ3v) is 3.37. The Labute approximate surface area is 121 Å². The van der Waals surface area contributed by atoms with E-state index in [1.165, 1.54) is 7.11 Å². The maximum Gasteiger partial charge on any atom is 0.339 e. The van der Waals surface area contributed by atoms with E-state index in [1.54, 1.807) is 30.6 Å². The molecule has 2 heterocycles. The standard InChI is InChI=1S/C16H14N2O3/c1-21-16(20)12-6-7-13-9-17-15(18(13)10-12)8-11-4-2-3-5-14(11)19/h2-7,9-10,19H,8H2,1H3. The van der Waals surface area contributed by atoms with Gasteiger partial charge in [0, 0.05) is 18.2 Å². The summed E-state index contributed by atoms with van der Waals surface area (Å²) in [6.07, 6.45) is 3.91. The third kappa shape index (κ3) is 2.45. The van der Waals surface area contributed by atoms with Crippen molar-refractivity contribution in [3.8, 4) is 5.75 Å². The van der Waals surface area contributed by atoms with Crippen molar-refractivity contribution in [1.29, 1.82) is 0 Å². The molecule has 0 radical (unpaired) electrons. The van der Waals surface area contributed by atoms with Crippen molar-refractivity contribution in [2.75, 3.05) is 7.11 Å². The van der Waals surface area contributed by atoms with Crippen LogP contribution in [0.5, 0.6) is 5.75 Å². The number of methoxy groups -OCH3 is 1. The van der Waals surface area contributed by atoms with Crippen molar-refractivity contribution in [1.82, 2.24) is 9.38 Å². The number of phenolic OH excluding ortho intramolecular Hbond substituents is 1. The number of fused-ring (bicyclic) bond motifs is 1. The number of hydrogen-bond acceptors (Lipinski definition) is 4. The lowest BCUT2D eigenvalue weighted by molar-refractivity contribution is 0.0600. The Hall–Kier alpha value is -2.82. The second-order valence-corrected chi connectivity index (χ2v) is 4.68. The second-order valence-electron chi connectivity index (χ2n) is 4.68. The first-order valence-corrected chi connectivity index (χ1v) is 6.50. The number of ether oxygens (including phenoxy) is 1. The molecule has 0 aliphatic rings. The Morgan fingerprint density at radius 2 is 2.10 bits per heavy atom. The summed E-state index contributed by atoms with van der Waals surface area (Å²) in [7, 11) is 1.35. The molecule has 5 nitrogen and oxygen atoms in total. The molecule has 1 aromatic carbocycles. The van der Waals surface area contributed by atoms with Crippen molar-refractivity contribution in [2.24, 2.45) is 0 Å². The van der Waals surface area contributed by atoms with Crippen molar-refractivity contribution in [3.05, 3.63) is 65.7 Å². The van der Waals surface area contributed by atoms with E-state index < -0.39 is 0 Å². The number of aromatic nitrogens is 2. The lowest BCUT2D eigenvalue weighted by Crippen LogP contribution is -2.04. The number of para-hydroxylation sites is 1. The van der Waals surface area contributed by atoms with Crippen LogP contribution in [0.2, 0.25) is 0 Å². The van der Waals surface area contributed by atoms with Gasteiger partial charge in [0.1, 0.15) is 11.6 Å². The van der Waals surface area contributed by atoms with E-state index in [2.05, 4.69) is 4.98 Å². The summed E-state index contributed by atoms with van der Waals surface area (Å²) in [6, 6.07) is 10.6. The Bertz CT molecular complexity index is 808. The monoisotopic (exact) mass is 282 g/mol. The highest BCUT2D eigenvalue weighted by molar-refractivity contribution is 5.89. The first kappa shape index (κ1) is 13.2. The molecule has 0 amide bonds. The molecular formula is C16H14N2O3. The minimum Gasteiger partial charge on any atom is -0.508 e. The number of aromatic hydroxyl groups is 1. The normalized spacial score (nSPS) is 10.7. The number of carbonyl (C=O) groups excluding carboxylic acids is 1. The first-order valence-electron chi connectivity index (χ1n) is 6.50. The number of carbonyl (C=O) groups is 1. The fourth-order valence-corrected chi connectivity index (χ4v) is 2.24. The van der Waals surface area contributed by atoms with Crippen LogP contribution in [0.3, 0.4) is 0 Å². The van der Waals surface area contributed by atoms with Gasteiger partial charge in [-0.2, -0.15) is 0 Å². The predicted molar refractivity (Wildman–Crippen MR) is 77.4 cm³/mol. The van der Waals surface area contributed by atoms with E-state index >= 15 is 0 Å². The van der Waals surface area contributed by atoms with Gasteiger partial charge in [0.15, 0.2) is 0 Å². The van der Waals surface area contributed by atoms with Crippen LogP contribution in [0.25, 0.3) is 5.52 Å². The summed E-state index contributed by atoms with van der Waals surface area (Å²) in [6.45, 7) is 0. The molecule has 2 aromatic heterocycles. The number of benzene rings is 1. The fourth-order valence-electron chi connectivity index (χ4n) is 2.24. The lowest BCUT2D eigenvalue weighted by atomic mass is 10.1. The van der Waals surface area contributed by atoms with Gasteiger partial charge >= 0.3 is 5.97 Å². The van der Waals surface area contributed by atoms with E-state index in [0.29, 0.717) is 12.0 Å². The van der Waals surface area contributed by atoms with Crippen molar-refractivity contribution in [3.63, 3.8) is 0 Å². The van der Waals surface area contributed by atoms with E-state index in [0.717, 1.165) is 16.9 Å². The molecule has 3 rings (SSSR count). The molecule has 0 fully saturated rings. The number of pyridine rings is 1. The van der Waals surface area contributed by atoms with Gasteiger partial charge < -0.3 is 14.2 Å². The van der Waals surface area contributed by atoms with Crippen molar-refractivity contribution < 1.29 is 14.6 Å². The molecule has 5 heteroatoms. The molecule has 1 N–H and O–H groups in total. The quantitative estimate of drug-likeness (QED) is 0.749. The highest BCUT2D eigenvalue weighted by Gasteiger charge is 2.11. The van der Waals surface area contributed by atoms with Gasteiger partial charge in [-0.15, -0.1) is 0 Å². The second kappa shape index (κ2) is 5.28. The van der Waals surface area contributed by atoms with Gasteiger partial charge in [-0.25, -0.2) is 9.78 Å². The Morgan fingerprint density at radius 3 is 2.86 bits per heavy atom. The summed E-state index contributed by atoms with van der Waals surface area (Å²) in [4.78, 5) is 16.0. The minimum atomic E-state index is -0.390. The first-order chi connectivity index (χ1) is 10.2. The van der Waals surface area contributed by atoms with E-state index in [9.17, 15) is 9.90 Å². The molecule has 106 valence electrons. The smallest absolute Gasteiger partial charge is 0.339 e. The molecule has 0 spiro atoms. The molecule has 0 aliphatic carbocycles. The summed E-state index contributed by atoms with van der Waals surface area (Å²) < 4.78 is 6.56. The zero-order valence-corrected chi connectivity index (χ0v) is 11.5. The average molecular weight is 282 g/mol. The largest absolute Gasteiger partial charge is 0.508 e. The third-order valence-electron chi connectivity index (χ3n) is 3.37. The van der Waals surface area contributed by atoms with Crippen molar-refractivity contribution >= 4 is 11.5 Å². The SMILES string of the molecule is COC(=O)c1ccc2cnc(Cc3ccccc3O)n2c1. The van der Waals surface area contributed by atoms with Crippen LogP contribution in [0.15, 0.2) is 48.8 Å². The lowest BCUT2D eigenvalue weighted by Gasteiger charge is -2.05. The van der Waals surface area contributed by atoms with Gasteiger partial charge in [0.05, 0.1) is 24.4 Å². The van der Waals surface area contributed by atoms with E-state index in [1.807, 2.05) is 22.6 Å². The van der Waals surface area contributed by atoms with Crippen LogP contribution in [-0.2, 0) is 11.2 Å². The summed E-state index contributed by atoms with van der Waals surface area (Å²) >= 11 is 0. The highest BCUT2D eigenvalue weighted by atomic mass is 16.5. The Balaban J connectivity index is 2.03. The molecule has 0 saturated heterocycles. The molecule has 3 aromatic rings. The maximum atomic E-state index is 11.6. The predicted octanol–water partition coefficient (Wildman–Crippen LogP) is 2.42. The van der Waals surface area contributed by atoms with Crippen LogP contribution >= 0.6 is 0 Å². The van der Waals surface area contributed by atoms with Gasteiger partial charge in [0.25, 0.3) is 0 Å². The summed E-state index contributed by atoms with van der Waals surface area (Å²) in [5.41, 5.74) is 2.13. The van der Waals surface area contributed by atoms with Gasteiger partial charge in [-0.3, -0.25) is 0 Å². The zero-order valence-electron chi connectivity index (χ0n) is 11.5. The summed E-state index contributed by atoms with van der Waals surface area (Å²) in [5, 5.41) is 9.85. The maximum absolute atomic E-state index is 11.6. The van der Waals surface area contributed by atoms with E-state index in [-0.39, 0.29) is 11.7 Å². The molecule has 0 saturated carbocycles. The number of imidazole rings is 1.